The predicted molar refractivity (Wildman–Crippen MR) is 101 cm³/mol. The van der Waals surface area contributed by atoms with E-state index in [0.29, 0.717) is 18.4 Å². The van der Waals surface area contributed by atoms with Crippen molar-refractivity contribution in [2.45, 2.75) is 64.5 Å². The summed E-state index contributed by atoms with van der Waals surface area (Å²) in [5.41, 5.74) is 0.797. The first-order valence-corrected chi connectivity index (χ1v) is 10.5. The van der Waals surface area contributed by atoms with Gasteiger partial charge in [-0.3, -0.25) is 4.79 Å². The zero-order valence-corrected chi connectivity index (χ0v) is 17.2. The Morgan fingerprint density at radius 3 is 2.54 bits per heavy atom. The molecule has 4 fully saturated rings. The summed E-state index contributed by atoms with van der Waals surface area (Å²) in [7, 11) is 3.53. The van der Waals surface area contributed by atoms with E-state index in [-0.39, 0.29) is 16.9 Å². The van der Waals surface area contributed by atoms with Gasteiger partial charge in [0.25, 0.3) is 5.91 Å². The molecule has 1 aromatic rings. The molecular formula is C20H30N2O3S. The van der Waals surface area contributed by atoms with Crippen LogP contribution in [0.4, 0.5) is 0 Å². The standard InChI is InChI=1S/C20H30N2O3S/c1-13-14(2)26-18(22(13)5-6-24-3)21-17(23)19-8-15-7-16(9-19)11-20(10-15,12-19)25-4/h15-16H,5-12H2,1-4H3/b21-18-. The fourth-order valence-corrected chi connectivity index (χ4v) is 7.00. The van der Waals surface area contributed by atoms with Crippen LogP contribution in [0, 0.1) is 31.1 Å². The van der Waals surface area contributed by atoms with E-state index in [1.165, 1.54) is 17.0 Å². The van der Waals surface area contributed by atoms with Crippen LogP contribution >= 0.6 is 11.3 Å². The number of rotatable bonds is 5. The lowest BCUT2D eigenvalue weighted by Crippen LogP contribution is -2.58. The molecule has 5 rings (SSSR count). The molecule has 1 amide bonds. The summed E-state index contributed by atoms with van der Waals surface area (Å²) >= 11 is 1.62. The van der Waals surface area contributed by atoms with E-state index in [2.05, 4.69) is 23.4 Å². The first kappa shape index (κ1) is 18.4. The number of nitrogens with zero attached hydrogens (tertiary/aromatic N) is 2. The van der Waals surface area contributed by atoms with Crippen LogP contribution in [0.3, 0.4) is 0 Å². The van der Waals surface area contributed by atoms with Crippen LogP contribution < -0.4 is 4.80 Å². The Bertz CT molecular complexity index is 765. The molecule has 0 radical (unpaired) electrons. The first-order valence-electron chi connectivity index (χ1n) is 9.70. The van der Waals surface area contributed by atoms with Crippen molar-refractivity contribution < 1.29 is 14.3 Å². The third-order valence-electron chi connectivity index (χ3n) is 7.00. The number of ether oxygens (including phenoxy) is 2. The zero-order valence-electron chi connectivity index (χ0n) is 16.3. The molecule has 144 valence electrons. The fraction of sp³-hybridized carbons (Fsp3) is 0.800. The SMILES string of the molecule is COCCn1c(C)c(C)s/c1=N\C(=O)C12CC3CC(CC(OC)(C3)C1)C2. The molecule has 2 atom stereocenters. The van der Waals surface area contributed by atoms with Gasteiger partial charge in [0.15, 0.2) is 4.80 Å². The number of thiazole rings is 1. The second-order valence-corrected chi connectivity index (χ2v) is 9.90. The average molecular weight is 379 g/mol. The molecule has 1 heterocycles. The number of carbonyl (C=O) groups excluding carboxylic acids is 1. The summed E-state index contributed by atoms with van der Waals surface area (Å²) in [6, 6.07) is 0. The van der Waals surface area contributed by atoms with Crippen molar-refractivity contribution in [2.24, 2.45) is 22.2 Å². The lowest BCUT2D eigenvalue weighted by atomic mass is 9.47. The maximum absolute atomic E-state index is 13.4. The molecule has 4 aliphatic carbocycles. The molecule has 2 unspecified atom stereocenters. The van der Waals surface area contributed by atoms with Crippen LogP contribution in [0.15, 0.2) is 4.99 Å². The second-order valence-electron chi connectivity index (χ2n) is 8.72. The quantitative estimate of drug-likeness (QED) is 0.790. The largest absolute Gasteiger partial charge is 0.383 e. The van der Waals surface area contributed by atoms with Crippen molar-refractivity contribution >= 4 is 17.2 Å². The first-order chi connectivity index (χ1) is 12.4. The van der Waals surface area contributed by atoms with Crippen molar-refractivity contribution in [1.82, 2.24) is 4.57 Å². The third-order valence-corrected chi connectivity index (χ3v) is 8.10. The van der Waals surface area contributed by atoms with Gasteiger partial charge in [-0.25, -0.2) is 0 Å². The summed E-state index contributed by atoms with van der Waals surface area (Å²) in [5, 5.41) is 0. The summed E-state index contributed by atoms with van der Waals surface area (Å²) in [6.07, 6.45) is 6.37. The maximum atomic E-state index is 13.4. The van der Waals surface area contributed by atoms with Gasteiger partial charge in [0, 0.05) is 31.3 Å². The molecule has 4 saturated carbocycles. The van der Waals surface area contributed by atoms with E-state index in [1.807, 2.05) is 7.11 Å². The molecule has 1 aromatic heterocycles. The molecule has 0 spiro atoms. The number of hydrogen-bond acceptors (Lipinski definition) is 4. The Hall–Kier alpha value is -0.980. The van der Waals surface area contributed by atoms with Crippen LogP contribution in [0.5, 0.6) is 0 Å². The van der Waals surface area contributed by atoms with Crippen molar-refractivity contribution in [3.63, 3.8) is 0 Å². The number of aromatic nitrogens is 1. The molecule has 4 aliphatic rings. The lowest BCUT2D eigenvalue weighted by molar-refractivity contribution is -0.186. The van der Waals surface area contributed by atoms with Gasteiger partial charge in [-0.05, 0) is 64.2 Å². The van der Waals surface area contributed by atoms with E-state index < -0.39 is 0 Å². The van der Waals surface area contributed by atoms with Crippen molar-refractivity contribution in [1.29, 1.82) is 0 Å². The summed E-state index contributed by atoms with van der Waals surface area (Å²) in [6.45, 7) is 5.55. The number of amides is 1. The van der Waals surface area contributed by atoms with Gasteiger partial charge in [-0.1, -0.05) is 0 Å². The van der Waals surface area contributed by atoms with Gasteiger partial charge in [0.2, 0.25) is 0 Å². The predicted octanol–water partition coefficient (Wildman–Crippen LogP) is 3.23. The van der Waals surface area contributed by atoms with E-state index >= 15 is 0 Å². The highest BCUT2D eigenvalue weighted by molar-refractivity contribution is 7.09. The van der Waals surface area contributed by atoms with Crippen LogP contribution in [0.1, 0.15) is 49.1 Å². The highest BCUT2D eigenvalue weighted by atomic mass is 32.1. The normalized spacial score (nSPS) is 36.1. The number of aryl methyl sites for hydroxylation is 1. The van der Waals surface area contributed by atoms with Crippen LogP contribution in [-0.4, -0.2) is 36.9 Å². The van der Waals surface area contributed by atoms with Gasteiger partial charge in [0.05, 0.1) is 17.6 Å². The third kappa shape index (κ3) is 2.90. The Labute approximate surface area is 159 Å². The minimum absolute atomic E-state index is 0.0808. The molecule has 4 bridgehead atoms. The van der Waals surface area contributed by atoms with Gasteiger partial charge in [-0.15, -0.1) is 11.3 Å². The molecule has 0 N–H and O–H groups in total. The van der Waals surface area contributed by atoms with Crippen LogP contribution in [-0.2, 0) is 20.8 Å². The summed E-state index contributed by atoms with van der Waals surface area (Å²) in [4.78, 5) is 20.1. The molecule has 0 saturated heterocycles. The highest BCUT2D eigenvalue weighted by Gasteiger charge is 2.61. The Kier molecular flexibility index (Phi) is 4.65. The van der Waals surface area contributed by atoms with Gasteiger partial charge in [0.1, 0.15) is 0 Å². The summed E-state index contributed by atoms with van der Waals surface area (Å²) < 4.78 is 13.3. The zero-order chi connectivity index (χ0) is 18.5. The number of methoxy groups -OCH3 is 2. The van der Waals surface area contributed by atoms with Gasteiger partial charge < -0.3 is 14.0 Å². The van der Waals surface area contributed by atoms with E-state index in [9.17, 15) is 4.79 Å². The van der Waals surface area contributed by atoms with Crippen LogP contribution in [0.2, 0.25) is 0 Å². The number of carbonyl (C=O) groups is 1. The lowest BCUT2D eigenvalue weighted by Gasteiger charge is -2.60. The van der Waals surface area contributed by atoms with E-state index in [1.54, 1.807) is 18.4 Å². The average Bonchev–Trinajstić information content (AvgIpc) is 2.85. The molecule has 5 nitrogen and oxygen atoms in total. The molecule has 26 heavy (non-hydrogen) atoms. The summed E-state index contributed by atoms with van der Waals surface area (Å²) in [5.74, 6) is 1.34. The van der Waals surface area contributed by atoms with Gasteiger partial charge in [-0.2, -0.15) is 4.99 Å². The molecule has 6 heteroatoms. The van der Waals surface area contributed by atoms with Crippen LogP contribution in [0.25, 0.3) is 0 Å². The second kappa shape index (κ2) is 6.57. The minimum atomic E-state index is -0.301. The fourth-order valence-electron chi connectivity index (χ4n) is 6.00. The van der Waals surface area contributed by atoms with Crippen molar-refractivity contribution in [3.8, 4) is 0 Å². The molecular weight excluding hydrogens is 348 g/mol. The minimum Gasteiger partial charge on any atom is -0.383 e. The monoisotopic (exact) mass is 378 g/mol. The topological polar surface area (TPSA) is 52.8 Å². The van der Waals surface area contributed by atoms with Crippen molar-refractivity contribution in [3.05, 3.63) is 15.4 Å². The highest BCUT2D eigenvalue weighted by Crippen LogP contribution is 2.63. The van der Waals surface area contributed by atoms with E-state index in [4.69, 9.17) is 9.47 Å². The smallest absolute Gasteiger partial charge is 0.254 e. The Morgan fingerprint density at radius 2 is 1.92 bits per heavy atom. The molecule has 0 aliphatic heterocycles. The maximum Gasteiger partial charge on any atom is 0.254 e. The Morgan fingerprint density at radius 1 is 1.23 bits per heavy atom. The van der Waals surface area contributed by atoms with E-state index in [0.717, 1.165) is 43.5 Å². The van der Waals surface area contributed by atoms with Gasteiger partial charge >= 0.3 is 0 Å². The Balaban J connectivity index is 1.68. The molecule has 0 aromatic carbocycles. The number of hydrogen-bond donors (Lipinski definition) is 0. The van der Waals surface area contributed by atoms with Crippen molar-refractivity contribution in [2.75, 3.05) is 20.8 Å².